The minimum Gasteiger partial charge on any atom is -0.427 e. The first-order valence-electron chi connectivity index (χ1n) is 6.58. The first kappa shape index (κ1) is 16.6. The highest BCUT2D eigenvalue weighted by Crippen LogP contribution is 2.25. The van der Waals surface area contributed by atoms with Crippen molar-refractivity contribution in [3.05, 3.63) is 35.9 Å². The smallest absolute Gasteiger partial charge is 0.311 e. The number of hydrogen-bond donors (Lipinski definition) is 0. The molecular formula is C15H20F2O3. The number of carbonyl (C=O) groups is 1. The molecule has 2 unspecified atom stereocenters. The molecule has 5 heteroatoms. The summed E-state index contributed by atoms with van der Waals surface area (Å²) in [4.78, 5) is 11.7. The molecule has 1 rings (SSSR count). The summed E-state index contributed by atoms with van der Waals surface area (Å²) in [6, 6.07) is 8.89. The Morgan fingerprint density at radius 1 is 1.30 bits per heavy atom. The second-order valence-electron chi connectivity index (χ2n) is 4.82. The maximum absolute atomic E-state index is 13.1. The van der Waals surface area contributed by atoms with Crippen LogP contribution in [0.5, 0.6) is 0 Å². The Labute approximate surface area is 117 Å². The summed E-state index contributed by atoms with van der Waals surface area (Å²) in [5, 5.41) is 0. The Balaban J connectivity index is 2.69. The molecule has 0 saturated heterocycles. The van der Waals surface area contributed by atoms with Crippen molar-refractivity contribution in [3.8, 4) is 0 Å². The number of benzene rings is 1. The molecule has 20 heavy (non-hydrogen) atoms. The van der Waals surface area contributed by atoms with E-state index in [1.54, 1.807) is 38.1 Å². The molecule has 1 aromatic carbocycles. The van der Waals surface area contributed by atoms with Crippen LogP contribution < -0.4 is 0 Å². The summed E-state index contributed by atoms with van der Waals surface area (Å²) in [6.07, 6.45) is -2.39. The average molecular weight is 286 g/mol. The Bertz CT molecular complexity index is 422. The van der Waals surface area contributed by atoms with Gasteiger partial charge in [-0.2, -0.15) is 0 Å². The van der Waals surface area contributed by atoms with Gasteiger partial charge in [-0.15, -0.1) is 0 Å². The van der Waals surface area contributed by atoms with E-state index in [9.17, 15) is 13.6 Å². The maximum atomic E-state index is 13.1. The van der Waals surface area contributed by atoms with E-state index in [0.29, 0.717) is 6.42 Å². The number of ether oxygens (including phenoxy) is 2. The van der Waals surface area contributed by atoms with E-state index in [2.05, 4.69) is 0 Å². The second kappa shape index (κ2) is 7.33. The van der Waals surface area contributed by atoms with E-state index < -0.39 is 24.1 Å². The molecule has 0 aliphatic heterocycles. The van der Waals surface area contributed by atoms with Crippen molar-refractivity contribution in [3.63, 3.8) is 0 Å². The van der Waals surface area contributed by atoms with Gasteiger partial charge in [0, 0.05) is 6.92 Å². The van der Waals surface area contributed by atoms with Gasteiger partial charge >= 0.3 is 12.4 Å². The monoisotopic (exact) mass is 286 g/mol. The van der Waals surface area contributed by atoms with Crippen LogP contribution in [0.1, 0.15) is 32.8 Å². The zero-order chi connectivity index (χ0) is 15.2. The van der Waals surface area contributed by atoms with Crippen LogP contribution in [0.3, 0.4) is 0 Å². The lowest BCUT2D eigenvalue weighted by molar-refractivity contribution is -0.278. The van der Waals surface area contributed by atoms with Gasteiger partial charge in [-0.25, -0.2) is 8.78 Å². The van der Waals surface area contributed by atoms with Crippen LogP contribution in [0, 0.1) is 5.92 Å². The van der Waals surface area contributed by atoms with Crippen LogP contribution >= 0.6 is 0 Å². The van der Waals surface area contributed by atoms with E-state index in [-0.39, 0.29) is 6.61 Å². The zero-order valence-corrected chi connectivity index (χ0v) is 11.9. The molecule has 0 radical (unpaired) electrons. The van der Waals surface area contributed by atoms with Gasteiger partial charge in [0.15, 0.2) is 0 Å². The van der Waals surface area contributed by atoms with E-state index in [4.69, 9.17) is 9.47 Å². The number of rotatable bonds is 7. The number of esters is 1. The zero-order valence-electron chi connectivity index (χ0n) is 11.9. The summed E-state index contributed by atoms with van der Waals surface area (Å²) in [6.45, 7) is 4.46. The Morgan fingerprint density at radius 3 is 2.40 bits per heavy atom. The van der Waals surface area contributed by atoms with Crippen molar-refractivity contribution < 1.29 is 23.0 Å². The average Bonchev–Trinajstić information content (AvgIpc) is 2.45. The molecule has 0 spiro atoms. The number of hydrogen-bond acceptors (Lipinski definition) is 3. The summed E-state index contributed by atoms with van der Waals surface area (Å²) in [5.74, 6) is -3.34. The molecule has 3 nitrogen and oxygen atoms in total. The highest BCUT2D eigenvalue weighted by Gasteiger charge is 2.41. The molecule has 1 aromatic rings. The predicted molar refractivity (Wildman–Crippen MR) is 71.2 cm³/mol. The summed E-state index contributed by atoms with van der Waals surface area (Å²) >= 11 is 0. The topological polar surface area (TPSA) is 35.5 Å². The van der Waals surface area contributed by atoms with E-state index in [1.165, 1.54) is 0 Å². The van der Waals surface area contributed by atoms with Crippen molar-refractivity contribution in [2.75, 3.05) is 0 Å². The molecule has 112 valence electrons. The van der Waals surface area contributed by atoms with Gasteiger partial charge in [0.25, 0.3) is 5.79 Å². The Kier molecular flexibility index (Phi) is 6.07. The van der Waals surface area contributed by atoms with Gasteiger partial charge in [-0.05, 0) is 12.0 Å². The molecule has 0 aliphatic rings. The summed E-state index contributed by atoms with van der Waals surface area (Å²) in [5.41, 5.74) is 0.735. The molecule has 0 N–H and O–H groups in total. The van der Waals surface area contributed by atoms with Crippen molar-refractivity contribution in [2.24, 2.45) is 5.92 Å². The minimum absolute atomic E-state index is 0.0462. The molecule has 0 bridgehead atoms. The number of halogens is 2. The second-order valence-corrected chi connectivity index (χ2v) is 4.82. The van der Waals surface area contributed by atoms with Gasteiger partial charge in [-0.3, -0.25) is 4.79 Å². The molecule has 0 heterocycles. The lowest BCUT2D eigenvalue weighted by Crippen LogP contribution is -2.43. The van der Waals surface area contributed by atoms with Crippen molar-refractivity contribution in [1.82, 2.24) is 0 Å². The third kappa shape index (κ3) is 4.56. The van der Waals surface area contributed by atoms with Gasteiger partial charge in [0.2, 0.25) is 0 Å². The van der Waals surface area contributed by atoms with E-state index in [0.717, 1.165) is 12.5 Å². The summed E-state index contributed by atoms with van der Waals surface area (Å²) in [7, 11) is 0. The van der Waals surface area contributed by atoms with Crippen LogP contribution in [0.15, 0.2) is 30.3 Å². The van der Waals surface area contributed by atoms with Crippen LogP contribution in [0.25, 0.3) is 0 Å². The minimum atomic E-state index is -2.92. The van der Waals surface area contributed by atoms with Gasteiger partial charge in [-0.1, -0.05) is 44.2 Å². The van der Waals surface area contributed by atoms with Gasteiger partial charge in [0.05, 0.1) is 12.5 Å². The van der Waals surface area contributed by atoms with Crippen molar-refractivity contribution in [1.29, 1.82) is 0 Å². The van der Waals surface area contributed by atoms with Crippen molar-refractivity contribution >= 4 is 5.97 Å². The van der Waals surface area contributed by atoms with Crippen LogP contribution in [-0.2, 0) is 20.9 Å². The standard InChI is InChI=1S/C15H20F2O3/c1-4-11(2)13(18)20-15(3,14(16)17)19-10-12-8-6-5-7-9-12/h5-9,11,14H,4,10H2,1-3H3. The molecule has 2 atom stereocenters. The quantitative estimate of drug-likeness (QED) is 0.565. The molecule has 0 saturated carbocycles. The number of carbonyl (C=O) groups excluding carboxylic acids is 1. The van der Waals surface area contributed by atoms with Crippen LogP contribution in [-0.4, -0.2) is 18.2 Å². The largest absolute Gasteiger partial charge is 0.427 e. The van der Waals surface area contributed by atoms with Crippen LogP contribution in [0.2, 0.25) is 0 Å². The lowest BCUT2D eigenvalue weighted by atomic mass is 10.1. The SMILES string of the molecule is CCC(C)C(=O)OC(C)(OCc1ccccc1)C(F)F. The Hall–Kier alpha value is -1.49. The van der Waals surface area contributed by atoms with Crippen molar-refractivity contribution in [2.45, 2.75) is 46.0 Å². The van der Waals surface area contributed by atoms with Gasteiger partial charge in [0.1, 0.15) is 0 Å². The third-order valence-electron chi connectivity index (χ3n) is 3.08. The molecule has 0 aliphatic carbocycles. The maximum Gasteiger partial charge on any atom is 0.311 e. The highest BCUT2D eigenvalue weighted by molar-refractivity contribution is 5.72. The fourth-order valence-electron chi connectivity index (χ4n) is 1.40. The first-order chi connectivity index (χ1) is 9.39. The molecule has 0 amide bonds. The lowest BCUT2D eigenvalue weighted by Gasteiger charge is -2.29. The highest BCUT2D eigenvalue weighted by atomic mass is 19.3. The Morgan fingerprint density at radius 2 is 1.90 bits per heavy atom. The fourth-order valence-corrected chi connectivity index (χ4v) is 1.40. The molecule has 0 aromatic heterocycles. The first-order valence-corrected chi connectivity index (χ1v) is 6.58. The van der Waals surface area contributed by atoms with E-state index in [1.807, 2.05) is 6.07 Å². The third-order valence-corrected chi connectivity index (χ3v) is 3.08. The summed E-state index contributed by atoms with van der Waals surface area (Å²) < 4.78 is 36.2. The normalized spacial score (nSPS) is 15.7. The van der Waals surface area contributed by atoms with E-state index >= 15 is 0 Å². The molecular weight excluding hydrogens is 266 g/mol. The number of alkyl halides is 2. The predicted octanol–water partition coefficient (Wildman–Crippen LogP) is 3.77. The van der Waals surface area contributed by atoms with Crippen LogP contribution in [0.4, 0.5) is 8.78 Å². The molecule has 0 fully saturated rings. The van der Waals surface area contributed by atoms with Gasteiger partial charge < -0.3 is 9.47 Å². The fraction of sp³-hybridized carbons (Fsp3) is 0.533.